The van der Waals surface area contributed by atoms with Crippen LogP contribution in [-0.4, -0.2) is 84.0 Å². The van der Waals surface area contributed by atoms with Crippen molar-refractivity contribution in [2.75, 3.05) is 39.5 Å². The second-order valence-electron chi connectivity index (χ2n) is 8.27. The van der Waals surface area contributed by atoms with Gasteiger partial charge in [0.05, 0.1) is 47.5 Å². The Morgan fingerprint density at radius 3 is 1.53 bits per heavy atom. The molecule has 12 heteroatoms. The van der Waals surface area contributed by atoms with Gasteiger partial charge < -0.3 is 9.47 Å². The Morgan fingerprint density at radius 1 is 0.694 bits per heavy atom. The molecule has 0 aliphatic heterocycles. The van der Waals surface area contributed by atoms with Crippen LogP contribution >= 0.6 is 22.7 Å². The number of rotatable bonds is 11. The Hall–Kier alpha value is -2.80. The molecule has 4 rings (SSSR count). The SMILES string of the molecule is Cc1nc2c(s1)C(=O)CC(=NCCCOCCOCCCN=C1CC(=O)c3sc(C)nc3C1=O)C2=O. The maximum Gasteiger partial charge on any atom is 0.227 e. The molecule has 0 fully saturated rings. The molecule has 2 aliphatic rings. The van der Waals surface area contributed by atoms with Crippen LogP contribution in [0.1, 0.15) is 76.0 Å². The average molecular weight is 531 g/mol. The number of carbonyl (C=O) groups is 4. The Balaban J connectivity index is 1.06. The molecule has 0 aromatic carbocycles. The molecule has 0 atom stereocenters. The quantitative estimate of drug-likeness (QED) is 0.404. The summed E-state index contributed by atoms with van der Waals surface area (Å²) in [7, 11) is 0. The van der Waals surface area contributed by atoms with Crippen molar-refractivity contribution in [1.82, 2.24) is 9.97 Å². The van der Waals surface area contributed by atoms with Crippen molar-refractivity contribution in [2.45, 2.75) is 39.5 Å². The van der Waals surface area contributed by atoms with Crippen LogP contribution in [0.3, 0.4) is 0 Å². The van der Waals surface area contributed by atoms with Crippen LogP contribution < -0.4 is 0 Å². The number of ketones is 4. The summed E-state index contributed by atoms with van der Waals surface area (Å²) >= 11 is 2.50. The number of Topliss-reactive ketones (excluding diaryl/α,β-unsaturated/α-hetero) is 4. The van der Waals surface area contributed by atoms with Gasteiger partial charge in [0, 0.05) is 26.3 Å². The molecule has 0 amide bonds. The van der Waals surface area contributed by atoms with E-state index in [1.807, 2.05) is 0 Å². The minimum atomic E-state index is -0.254. The fourth-order valence-electron chi connectivity index (χ4n) is 3.78. The fourth-order valence-corrected chi connectivity index (χ4v) is 5.48. The van der Waals surface area contributed by atoms with Crippen molar-refractivity contribution in [3.8, 4) is 0 Å². The zero-order valence-corrected chi connectivity index (χ0v) is 21.8. The minimum absolute atomic E-state index is 0.0315. The van der Waals surface area contributed by atoms with Gasteiger partial charge in [-0.1, -0.05) is 0 Å². The van der Waals surface area contributed by atoms with Gasteiger partial charge in [-0.2, -0.15) is 0 Å². The summed E-state index contributed by atoms with van der Waals surface area (Å²) in [4.78, 5) is 67.0. The smallest absolute Gasteiger partial charge is 0.227 e. The molecule has 0 saturated carbocycles. The molecular formula is C24H26N4O6S2. The Kier molecular flexibility index (Phi) is 8.72. The number of aliphatic imine (C=N–C) groups is 2. The third-order valence-electron chi connectivity index (χ3n) is 5.46. The summed E-state index contributed by atoms with van der Waals surface area (Å²) in [5.74, 6) is -0.709. The van der Waals surface area contributed by atoms with Gasteiger partial charge in [0.25, 0.3) is 0 Å². The molecule has 2 aliphatic carbocycles. The van der Waals surface area contributed by atoms with Gasteiger partial charge in [-0.15, -0.1) is 22.7 Å². The normalized spacial score (nSPS) is 17.8. The van der Waals surface area contributed by atoms with Crippen molar-refractivity contribution >= 4 is 57.2 Å². The maximum atomic E-state index is 12.4. The monoisotopic (exact) mass is 530 g/mol. The Bertz CT molecular complexity index is 1160. The number of nitrogens with zero attached hydrogens (tertiary/aromatic N) is 4. The van der Waals surface area contributed by atoms with E-state index >= 15 is 0 Å². The molecule has 2 aromatic rings. The predicted molar refractivity (Wildman–Crippen MR) is 136 cm³/mol. The lowest BCUT2D eigenvalue weighted by Gasteiger charge is -2.10. The molecule has 10 nitrogen and oxygen atoms in total. The number of carbonyl (C=O) groups excluding carboxylic acids is 4. The first-order chi connectivity index (χ1) is 17.3. The highest BCUT2D eigenvalue weighted by Gasteiger charge is 2.33. The number of aryl methyl sites for hydroxylation is 2. The third-order valence-corrected chi connectivity index (χ3v) is 7.48. The highest BCUT2D eigenvalue weighted by Crippen LogP contribution is 2.26. The van der Waals surface area contributed by atoms with Crippen LogP contribution in [0, 0.1) is 13.8 Å². The van der Waals surface area contributed by atoms with Gasteiger partial charge in [0.2, 0.25) is 11.6 Å². The molecule has 0 unspecified atom stereocenters. The fraction of sp³-hybridized carbons (Fsp3) is 0.500. The first kappa shape index (κ1) is 26.3. The van der Waals surface area contributed by atoms with E-state index in [0.717, 1.165) is 0 Å². The Morgan fingerprint density at radius 2 is 1.11 bits per heavy atom. The molecule has 0 spiro atoms. The van der Waals surface area contributed by atoms with Crippen LogP contribution in [-0.2, 0) is 9.47 Å². The van der Waals surface area contributed by atoms with Crippen LogP contribution in [0.15, 0.2) is 9.98 Å². The van der Waals surface area contributed by atoms with Crippen LogP contribution in [0.5, 0.6) is 0 Å². The second-order valence-corrected chi connectivity index (χ2v) is 10.7. The molecule has 0 radical (unpaired) electrons. The van der Waals surface area contributed by atoms with Gasteiger partial charge >= 0.3 is 0 Å². The van der Waals surface area contributed by atoms with Crippen molar-refractivity contribution in [3.63, 3.8) is 0 Å². The van der Waals surface area contributed by atoms with E-state index in [0.29, 0.717) is 72.1 Å². The molecular weight excluding hydrogens is 504 g/mol. The molecule has 0 saturated heterocycles. The van der Waals surface area contributed by atoms with Crippen molar-refractivity contribution in [1.29, 1.82) is 0 Å². The standard InChI is InChI=1S/C24H26N4O6S2/c1-13-27-19-21(31)15(11-17(29)23(19)35-13)25-5-3-7-33-9-10-34-8-4-6-26-16-12-18(30)24-20(22(16)32)28-14(2)36-24/h3-12H2,1-2H3. The molecule has 0 bridgehead atoms. The van der Waals surface area contributed by atoms with E-state index in [4.69, 9.17) is 9.47 Å². The summed E-state index contributed by atoms with van der Waals surface area (Å²) in [5, 5.41) is 1.40. The number of hydrogen-bond donors (Lipinski definition) is 0. The lowest BCUT2D eigenvalue weighted by molar-refractivity contribution is 0.0472. The maximum absolute atomic E-state index is 12.4. The average Bonchev–Trinajstić information content (AvgIpc) is 3.44. The molecule has 2 heterocycles. The van der Waals surface area contributed by atoms with Crippen molar-refractivity contribution in [3.05, 3.63) is 31.2 Å². The van der Waals surface area contributed by atoms with Gasteiger partial charge in [-0.25, -0.2) is 9.97 Å². The van der Waals surface area contributed by atoms with Crippen LogP contribution in [0.25, 0.3) is 0 Å². The summed E-state index contributed by atoms with van der Waals surface area (Å²) in [6, 6.07) is 0. The van der Waals surface area contributed by atoms with Crippen molar-refractivity contribution in [2.24, 2.45) is 9.98 Å². The van der Waals surface area contributed by atoms with Gasteiger partial charge in [0.15, 0.2) is 11.6 Å². The van der Waals surface area contributed by atoms with Gasteiger partial charge in [0.1, 0.15) is 21.1 Å². The molecule has 2 aromatic heterocycles. The second kappa shape index (κ2) is 12.0. The number of thiazole rings is 2. The zero-order chi connectivity index (χ0) is 25.7. The topological polar surface area (TPSA) is 137 Å². The lowest BCUT2D eigenvalue weighted by Crippen LogP contribution is -2.26. The van der Waals surface area contributed by atoms with E-state index in [2.05, 4.69) is 20.0 Å². The minimum Gasteiger partial charge on any atom is -0.379 e. The van der Waals surface area contributed by atoms with Crippen LogP contribution in [0.4, 0.5) is 0 Å². The zero-order valence-electron chi connectivity index (χ0n) is 20.1. The van der Waals surface area contributed by atoms with Gasteiger partial charge in [-0.3, -0.25) is 29.2 Å². The summed E-state index contributed by atoms with van der Waals surface area (Å²) in [5.41, 5.74) is 1.00. The van der Waals surface area contributed by atoms with E-state index in [1.165, 1.54) is 22.7 Å². The number of fused-ring (bicyclic) bond motifs is 2. The third kappa shape index (κ3) is 6.12. The summed E-state index contributed by atoms with van der Waals surface area (Å²) in [6.45, 7) is 6.12. The largest absolute Gasteiger partial charge is 0.379 e. The molecule has 190 valence electrons. The summed E-state index contributed by atoms with van der Waals surface area (Å²) in [6.07, 6.45) is 1.31. The van der Waals surface area contributed by atoms with Crippen molar-refractivity contribution < 1.29 is 28.7 Å². The first-order valence-corrected chi connectivity index (χ1v) is 13.3. The molecule has 36 heavy (non-hydrogen) atoms. The van der Waals surface area contributed by atoms with E-state index < -0.39 is 0 Å². The number of aromatic nitrogens is 2. The number of ether oxygens (including phenoxy) is 2. The van der Waals surface area contributed by atoms with E-state index in [-0.39, 0.29) is 58.8 Å². The molecule has 0 N–H and O–H groups in total. The van der Waals surface area contributed by atoms with Gasteiger partial charge in [-0.05, 0) is 26.7 Å². The highest BCUT2D eigenvalue weighted by molar-refractivity contribution is 7.14. The van der Waals surface area contributed by atoms with E-state index in [9.17, 15) is 19.2 Å². The lowest BCUT2D eigenvalue weighted by atomic mass is 9.98. The van der Waals surface area contributed by atoms with E-state index in [1.54, 1.807) is 13.8 Å². The number of hydrogen-bond acceptors (Lipinski definition) is 12. The highest BCUT2D eigenvalue weighted by atomic mass is 32.1. The Labute approximate surface area is 215 Å². The van der Waals surface area contributed by atoms with Crippen LogP contribution in [0.2, 0.25) is 0 Å². The first-order valence-electron chi connectivity index (χ1n) is 11.7. The summed E-state index contributed by atoms with van der Waals surface area (Å²) < 4.78 is 11.0. The predicted octanol–water partition coefficient (Wildman–Crippen LogP) is 3.15.